The van der Waals surface area contributed by atoms with Crippen LogP contribution in [0.25, 0.3) is 0 Å². The number of aliphatic hydroxyl groups excluding tert-OH is 2. The molecule has 55 heavy (non-hydrogen) atoms. The van der Waals surface area contributed by atoms with Gasteiger partial charge in [0.15, 0.2) is 0 Å². The second-order valence-corrected chi connectivity index (χ2v) is 15.7. The van der Waals surface area contributed by atoms with Crippen LogP contribution in [0.5, 0.6) is 5.75 Å². The van der Waals surface area contributed by atoms with Gasteiger partial charge in [-0.2, -0.15) is 0 Å². The maximum absolute atomic E-state index is 14.4. The Balaban J connectivity index is 1.48. The molecule has 4 amide bonds. The molecule has 4 saturated heterocycles. The van der Waals surface area contributed by atoms with Gasteiger partial charge in [-0.3, -0.25) is 29.4 Å². The number of cyclic esters (lactones) is 1. The van der Waals surface area contributed by atoms with E-state index in [1.54, 1.807) is 41.9 Å². The number of carbonyl (C=O) groups excluding carboxylic acids is 5. The molecule has 5 rings (SSSR count). The molecule has 1 aromatic rings. The quantitative estimate of drug-likeness (QED) is 0.120. The highest BCUT2D eigenvalue weighted by atomic mass is 16.5. The number of amides is 4. The minimum atomic E-state index is -1.51. The maximum Gasteiger partial charge on any atom is 0.329 e. The van der Waals surface area contributed by atoms with Gasteiger partial charge in [0.05, 0.1) is 18.1 Å². The SMILES string of the molecule is CCCCC=CC(=O)NC(Cc1cccc(O)c1)C(=O)NC1C(C)OC(=O)C2CCCN2C(=O)C(C)NC(O)C2CC(C)CCN2C(=O)C2CCCN2C1O. The van der Waals surface area contributed by atoms with Crippen molar-refractivity contribution in [3.05, 3.63) is 42.0 Å². The highest BCUT2D eigenvalue weighted by molar-refractivity contribution is 5.93. The van der Waals surface area contributed by atoms with E-state index in [0.29, 0.717) is 63.7 Å². The third kappa shape index (κ3) is 10.4. The summed E-state index contributed by atoms with van der Waals surface area (Å²) in [5, 5.41) is 42.4. The van der Waals surface area contributed by atoms with Gasteiger partial charge < -0.3 is 40.5 Å². The summed E-state index contributed by atoms with van der Waals surface area (Å²) in [6.45, 7) is 8.28. The molecule has 0 aliphatic carbocycles. The Kier molecular flexibility index (Phi) is 14.7. The molecule has 4 aliphatic heterocycles. The number of esters is 1. The summed E-state index contributed by atoms with van der Waals surface area (Å²) in [6, 6.07) is 0.696. The molecule has 15 nitrogen and oxygen atoms in total. The van der Waals surface area contributed by atoms with Crippen molar-refractivity contribution in [1.82, 2.24) is 30.7 Å². The fourth-order valence-corrected chi connectivity index (χ4v) is 8.38. The largest absolute Gasteiger partial charge is 0.508 e. The number of nitrogens with one attached hydrogen (secondary N) is 3. The first-order chi connectivity index (χ1) is 26.3. The number of phenols is 1. The minimum absolute atomic E-state index is 0.000947. The lowest BCUT2D eigenvalue weighted by molar-refractivity contribution is -0.166. The van der Waals surface area contributed by atoms with E-state index in [0.717, 1.165) is 19.3 Å². The van der Waals surface area contributed by atoms with E-state index in [9.17, 15) is 39.3 Å². The average molecular weight is 769 g/mol. The van der Waals surface area contributed by atoms with Crippen LogP contribution in [0.3, 0.4) is 0 Å². The Morgan fingerprint density at radius 3 is 2.49 bits per heavy atom. The number of phenolic OH excluding ortho intramolecular Hbond substituents is 1. The van der Waals surface area contributed by atoms with Gasteiger partial charge >= 0.3 is 5.97 Å². The molecular formula is C40H60N6O9. The van der Waals surface area contributed by atoms with Crippen LogP contribution in [0, 0.1) is 5.92 Å². The summed E-state index contributed by atoms with van der Waals surface area (Å²) in [7, 11) is 0. The molecule has 10 atom stereocenters. The highest BCUT2D eigenvalue weighted by Crippen LogP contribution is 2.31. The van der Waals surface area contributed by atoms with E-state index in [-0.39, 0.29) is 29.9 Å². The van der Waals surface area contributed by atoms with E-state index in [4.69, 9.17) is 4.74 Å². The number of hydrogen-bond donors (Lipinski definition) is 6. The molecule has 4 aliphatic rings. The number of aromatic hydroxyl groups is 1. The van der Waals surface area contributed by atoms with E-state index < -0.39 is 72.6 Å². The molecule has 0 spiro atoms. The van der Waals surface area contributed by atoms with Crippen molar-refractivity contribution >= 4 is 29.6 Å². The van der Waals surface area contributed by atoms with Crippen molar-refractivity contribution in [2.24, 2.45) is 5.92 Å². The summed E-state index contributed by atoms with van der Waals surface area (Å²) >= 11 is 0. The van der Waals surface area contributed by atoms with Crippen LogP contribution in [0.15, 0.2) is 36.4 Å². The molecule has 0 saturated carbocycles. The van der Waals surface area contributed by atoms with Gasteiger partial charge in [0, 0.05) is 26.1 Å². The van der Waals surface area contributed by atoms with Gasteiger partial charge in [0.2, 0.25) is 23.6 Å². The fourth-order valence-electron chi connectivity index (χ4n) is 8.38. The number of allylic oxidation sites excluding steroid dienone is 1. The third-order valence-electron chi connectivity index (χ3n) is 11.5. The standard InChI is InChI=1S/C40H60N6O9/c1-5-6-7-8-16-33(48)42-29(23-27-12-9-13-28(47)22-27)35(49)43-34-26(4)55-40(54)31-15-11-19-45(31)37(51)25(3)41-36(50)32-21-24(2)17-20-46(32)38(52)30-14-10-18-44(30)39(34)53/h8-9,12-13,16,22,24-26,29-32,34,36,39,41,47,50,53H,5-7,10-11,14-15,17-21,23H2,1-4H3,(H,42,48)(H,43,49). The highest BCUT2D eigenvalue weighted by Gasteiger charge is 2.47. The Hall–Kier alpha value is -4.05. The van der Waals surface area contributed by atoms with E-state index in [1.807, 2.05) is 6.92 Å². The van der Waals surface area contributed by atoms with Crippen LogP contribution in [-0.2, 0) is 35.1 Å². The lowest BCUT2D eigenvalue weighted by atomic mass is 9.90. The second-order valence-electron chi connectivity index (χ2n) is 15.7. The van der Waals surface area contributed by atoms with Crippen molar-refractivity contribution in [2.45, 2.75) is 147 Å². The Morgan fingerprint density at radius 1 is 1.00 bits per heavy atom. The van der Waals surface area contributed by atoms with Crippen molar-refractivity contribution < 1.29 is 44.0 Å². The third-order valence-corrected chi connectivity index (χ3v) is 11.5. The number of nitrogens with zero attached hydrogens (tertiary/aromatic N) is 3. The van der Waals surface area contributed by atoms with Gasteiger partial charge in [-0.25, -0.2) is 4.79 Å². The van der Waals surface area contributed by atoms with E-state index in [1.165, 1.54) is 23.1 Å². The topological polar surface area (TPSA) is 201 Å². The summed E-state index contributed by atoms with van der Waals surface area (Å²) in [4.78, 5) is 74.0. The second kappa shape index (κ2) is 19.2. The molecule has 15 heteroatoms. The molecule has 0 aromatic heterocycles. The first-order valence-electron chi connectivity index (χ1n) is 20.0. The van der Waals surface area contributed by atoms with Crippen molar-refractivity contribution in [3.63, 3.8) is 0 Å². The van der Waals surface area contributed by atoms with Crippen LogP contribution in [0.2, 0.25) is 0 Å². The normalized spacial score (nSPS) is 31.7. The zero-order chi connectivity index (χ0) is 39.8. The first kappa shape index (κ1) is 42.1. The van der Waals surface area contributed by atoms with Gasteiger partial charge in [0.1, 0.15) is 42.4 Å². The van der Waals surface area contributed by atoms with Crippen LogP contribution in [0.1, 0.15) is 91.0 Å². The van der Waals surface area contributed by atoms with Crippen LogP contribution in [-0.4, -0.2) is 134 Å². The Bertz CT molecular complexity index is 1560. The molecule has 6 N–H and O–H groups in total. The van der Waals surface area contributed by atoms with Crippen LogP contribution >= 0.6 is 0 Å². The molecule has 1 aromatic carbocycles. The number of rotatable bonds is 9. The van der Waals surface area contributed by atoms with Crippen LogP contribution < -0.4 is 16.0 Å². The smallest absolute Gasteiger partial charge is 0.329 e. The maximum atomic E-state index is 14.4. The summed E-state index contributed by atoms with van der Waals surface area (Å²) < 4.78 is 5.97. The zero-order valence-electron chi connectivity index (χ0n) is 32.6. The molecule has 0 radical (unpaired) electrons. The van der Waals surface area contributed by atoms with Crippen molar-refractivity contribution in [1.29, 1.82) is 0 Å². The lowest BCUT2D eigenvalue weighted by Gasteiger charge is -2.45. The number of unbranched alkanes of at least 4 members (excludes halogenated alkanes) is 2. The molecular weight excluding hydrogens is 708 g/mol. The molecule has 304 valence electrons. The molecule has 4 heterocycles. The predicted molar refractivity (Wildman–Crippen MR) is 203 cm³/mol. The van der Waals surface area contributed by atoms with Crippen molar-refractivity contribution in [2.75, 3.05) is 19.6 Å². The summed E-state index contributed by atoms with van der Waals surface area (Å²) in [5.74, 6) is -2.34. The van der Waals surface area contributed by atoms with Crippen molar-refractivity contribution in [3.8, 4) is 5.75 Å². The fraction of sp³-hybridized carbons (Fsp3) is 0.675. The van der Waals surface area contributed by atoms with Crippen LogP contribution in [0.4, 0.5) is 0 Å². The molecule has 4 fully saturated rings. The number of piperidine rings is 1. The van der Waals surface area contributed by atoms with Gasteiger partial charge in [-0.05, 0) is 88.5 Å². The Morgan fingerprint density at radius 2 is 1.75 bits per heavy atom. The number of benzene rings is 1. The monoisotopic (exact) mass is 768 g/mol. The van der Waals surface area contributed by atoms with Gasteiger partial charge in [0.25, 0.3) is 0 Å². The van der Waals surface area contributed by atoms with Gasteiger partial charge in [-0.1, -0.05) is 44.9 Å². The number of fused-ring (bicyclic) bond motifs is 3. The minimum Gasteiger partial charge on any atom is -0.508 e. The number of aliphatic hydroxyl groups is 2. The summed E-state index contributed by atoms with van der Waals surface area (Å²) in [5.41, 5.74) is 0.570. The lowest BCUT2D eigenvalue weighted by Crippen LogP contribution is -2.65. The number of hydrogen-bond acceptors (Lipinski definition) is 11. The summed E-state index contributed by atoms with van der Waals surface area (Å²) in [6.07, 6.45) is 4.91. The van der Waals surface area contributed by atoms with Gasteiger partial charge in [-0.15, -0.1) is 0 Å². The number of ether oxygens (including phenoxy) is 1. The van der Waals surface area contributed by atoms with E-state index in [2.05, 4.69) is 22.9 Å². The first-order valence-corrected chi connectivity index (χ1v) is 20.0. The average Bonchev–Trinajstić information content (AvgIpc) is 3.85. The zero-order valence-corrected chi connectivity index (χ0v) is 32.6. The Labute approximate surface area is 323 Å². The number of carbonyl (C=O) groups is 5. The molecule has 0 bridgehead atoms. The molecule has 10 unspecified atom stereocenters. The van der Waals surface area contributed by atoms with E-state index >= 15 is 0 Å². The predicted octanol–water partition coefficient (Wildman–Crippen LogP) is 1.29.